The van der Waals surface area contributed by atoms with Crippen LogP contribution in [0.5, 0.6) is 0 Å². The number of pyridine rings is 1. The second-order valence-corrected chi connectivity index (χ2v) is 4.67. The summed E-state index contributed by atoms with van der Waals surface area (Å²) in [6.45, 7) is 2.81. The number of nitrogens with one attached hydrogen (secondary N) is 1. The summed E-state index contributed by atoms with van der Waals surface area (Å²) in [6.07, 6.45) is 3.51. The van der Waals surface area contributed by atoms with Gasteiger partial charge in [0.1, 0.15) is 11.9 Å². The summed E-state index contributed by atoms with van der Waals surface area (Å²) in [5.41, 5.74) is 0. The molecule has 1 spiro atoms. The summed E-state index contributed by atoms with van der Waals surface area (Å²) in [6, 6.07) is 5.80. The zero-order chi connectivity index (χ0) is 12.3. The van der Waals surface area contributed by atoms with Crippen LogP contribution in [0.3, 0.4) is 0 Å². The Labute approximate surface area is 106 Å². The largest absolute Gasteiger partial charge is 0.381 e. The quantitative estimate of drug-likeness (QED) is 0.879. The minimum Gasteiger partial charge on any atom is -0.381 e. The van der Waals surface area contributed by atoms with E-state index in [1.807, 2.05) is 18.2 Å². The Hall–Kier alpha value is -1.17. The molecule has 18 heavy (non-hydrogen) atoms. The van der Waals surface area contributed by atoms with E-state index in [1.54, 1.807) is 6.20 Å². The highest BCUT2D eigenvalue weighted by atomic mass is 16.7. The smallest absolute Gasteiger partial charge is 0.173 e. The molecule has 0 aliphatic carbocycles. The molecule has 0 saturated carbocycles. The van der Waals surface area contributed by atoms with Gasteiger partial charge in [-0.15, -0.1) is 0 Å². The fourth-order valence-corrected chi connectivity index (χ4v) is 2.35. The van der Waals surface area contributed by atoms with Gasteiger partial charge in [0.2, 0.25) is 0 Å². The van der Waals surface area contributed by atoms with Crippen molar-refractivity contribution in [3.05, 3.63) is 24.4 Å². The van der Waals surface area contributed by atoms with Crippen molar-refractivity contribution >= 4 is 5.82 Å². The summed E-state index contributed by atoms with van der Waals surface area (Å²) in [7, 11) is 0. The van der Waals surface area contributed by atoms with Crippen molar-refractivity contribution in [3.63, 3.8) is 0 Å². The molecule has 98 valence electrons. The van der Waals surface area contributed by atoms with Crippen molar-refractivity contribution in [2.24, 2.45) is 0 Å². The van der Waals surface area contributed by atoms with Crippen LogP contribution in [0.4, 0.5) is 5.82 Å². The van der Waals surface area contributed by atoms with Gasteiger partial charge in [-0.2, -0.15) is 0 Å². The van der Waals surface area contributed by atoms with Gasteiger partial charge in [0.25, 0.3) is 0 Å². The molecule has 1 aromatic heterocycles. The van der Waals surface area contributed by atoms with E-state index < -0.39 is 5.79 Å². The standard InChI is InChI=1S/C13H18N2O3/c1-2-6-14-12(3-1)15-9-11-10-17-13(18-11)4-7-16-8-5-13/h1-3,6,11H,4-5,7-10H2,(H,14,15)/t11-/m1/s1. The second-order valence-electron chi connectivity index (χ2n) is 4.67. The SMILES string of the molecule is c1ccc(NC[C@@H]2COC3(CCOCC3)O2)nc1. The van der Waals surface area contributed by atoms with Crippen LogP contribution >= 0.6 is 0 Å². The zero-order valence-corrected chi connectivity index (χ0v) is 10.3. The molecule has 0 bridgehead atoms. The van der Waals surface area contributed by atoms with E-state index in [0.29, 0.717) is 6.61 Å². The molecule has 2 saturated heterocycles. The molecule has 3 heterocycles. The Morgan fingerprint density at radius 2 is 2.22 bits per heavy atom. The number of rotatable bonds is 3. The zero-order valence-electron chi connectivity index (χ0n) is 10.3. The Morgan fingerprint density at radius 1 is 1.33 bits per heavy atom. The minimum atomic E-state index is -0.394. The molecule has 0 aromatic carbocycles. The van der Waals surface area contributed by atoms with Crippen LogP contribution in [-0.2, 0) is 14.2 Å². The lowest BCUT2D eigenvalue weighted by molar-refractivity contribution is -0.209. The number of anilines is 1. The molecule has 1 aromatic rings. The van der Waals surface area contributed by atoms with E-state index in [9.17, 15) is 0 Å². The molecule has 0 radical (unpaired) electrons. The Morgan fingerprint density at radius 3 is 3.00 bits per heavy atom. The topological polar surface area (TPSA) is 52.6 Å². The van der Waals surface area contributed by atoms with E-state index in [-0.39, 0.29) is 6.10 Å². The van der Waals surface area contributed by atoms with Gasteiger partial charge in [-0.05, 0) is 12.1 Å². The van der Waals surface area contributed by atoms with Gasteiger partial charge in [-0.1, -0.05) is 6.07 Å². The number of aromatic nitrogens is 1. The predicted molar refractivity (Wildman–Crippen MR) is 66.3 cm³/mol. The van der Waals surface area contributed by atoms with Crippen molar-refractivity contribution in [1.82, 2.24) is 4.98 Å². The molecule has 0 amide bonds. The summed E-state index contributed by atoms with van der Waals surface area (Å²) in [5.74, 6) is 0.475. The van der Waals surface area contributed by atoms with Crippen molar-refractivity contribution in [1.29, 1.82) is 0 Å². The highest BCUT2D eigenvalue weighted by Gasteiger charge is 2.42. The van der Waals surface area contributed by atoms with Gasteiger partial charge >= 0.3 is 0 Å². The van der Waals surface area contributed by atoms with Crippen molar-refractivity contribution in [2.75, 3.05) is 31.7 Å². The summed E-state index contributed by atoms with van der Waals surface area (Å²) in [4.78, 5) is 4.22. The molecule has 2 aliphatic heterocycles. The molecule has 0 unspecified atom stereocenters. The van der Waals surface area contributed by atoms with Gasteiger partial charge in [-0.3, -0.25) is 0 Å². The van der Waals surface area contributed by atoms with Crippen molar-refractivity contribution < 1.29 is 14.2 Å². The lowest BCUT2D eigenvalue weighted by Gasteiger charge is -2.31. The number of hydrogen-bond acceptors (Lipinski definition) is 5. The molecule has 5 heteroatoms. The van der Waals surface area contributed by atoms with Crippen LogP contribution in [0.1, 0.15) is 12.8 Å². The molecule has 2 fully saturated rings. The predicted octanol–water partition coefficient (Wildman–Crippen LogP) is 1.42. The summed E-state index contributed by atoms with van der Waals surface area (Å²) >= 11 is 0. The molecule has 1 atom stereocenters. The van der Waals surface area contributed by atoms with Gasteiger partial charge in [0.05, 0.1) is 19.8 Å². The van der Waals surface area contributed by atoms with Gasteiger partial charge in [0.15, 0.2) is 5.79 Å². The Balaban J connectivity index is 1.50. The number of hydrogen-bond donors (Lipinski definition) is 1. The maximum absolute atomic E-state index is 6.02. The maximum atomic E-state index is 6.02. The average molecular weight is 250 g/mol. The van der Waals surface area contributed by atoms with Gasteiger partial charge < -0.3 is 19.5 Å². The molecule has 1 N–H and O–H groups in total. The second kappa shape index (κ2) is 5.22. The van der Waals surface area contributed by atoms with E-state index in [4.69, 9.17) is 14.2 Å². The summed E-state index contributed by atoms with van der Waals surface area (Å²) in [5, 5.41) is 3.26. The molecule has 2 aliphatic rings. The van der Waals surface area contributed by atoms with E-state index in [1.165, 1.54) is 0 Å². The van der Waals surface area contributed by atoms with Crippen LogP contribution < -0.4 is 5.32 Å². The van der Waals surface area contributed by atoms with Crippen molar-refractivity contribution in [3.8, 4) is 0 Å². The van der Waals surface area contributed by atoms with E-state index >= 15 is 0 Å². The lowest BCUT2D eigenvalue weighted by Crippen LogP contribution is -2.38. The third-order valence-electron chi connectivity index (χ3n) is 3.34. The highest BCUT2D eigenvalue weighted by molar-refractivity contribution is 5.33. The first-order valence-electron chi connectivity index (χ1n) is 6.41. The lowest BCUT2D eigenvalue weighted by atomic mass is 10.1. The Kier molecular flexibility index (Phi) is 3.45. The maximum Gasteiger partial charge on any atom is 0.173 e. The number of nitrogens with zero attached hydrogens (tertiary/aromatic N) is 1. The highest BCUT2D eigenvalue weighted by Crippen LogP contribution is 2.33. The van der Waals surface area contributed by atoms with Crippen LogP contribution in [-0.4, -0.2) is 43.2 Å². The molecular formula is C13H18N2O3. The minimum absolute atomic E-state index is 0.0881. The first-order chi connectivity index (χ1) is 8.86. The fourth-order valence-electron chi connectivity index (χ4n) is 2.35. The average Bonchev–Trinajstić information content (AvgIpc) is 2.82. The third-order valence-corrected chi connectivity index (χ3v) is 3.34. The first kappa shape index (κ1) is 11.9. The first-order valence-corrected chi connectivity index (χ1v) is 6.41. The van der Waals surface area contributed by atoms with E-state index in [0.717, 1.165) is 38.4 Å². The third kappa shape index (κ3) is 2.63. The normalized spacial score (nSPS) is 26.3. The molecule has 3 rings (SSSR count). The summed E-state index contributed by atoms with van der Waals surface area (Å²) < 4.78 is 17.2. The monoisotopic (exact) mass is 250 g/mol. The Bertz CT molecular complexity index is 379. The van der Waals surface area contributed by atoms with Gasteiger partial charge in [0, 0.05) is 25.6 Å². The molecular weight excluding hydrogens is 232 g/mol. The van der Waals surface area contributed by atoms with Crippen molar-refractivity contribution in [2.45, 2.75) is 24.7 Å². The van der Waals surface area contributed by atoms with Crippen LogP contribution in [0, 0.1) is 0 Å². The molecule has 5 nitrogen and oxygen atoms in total. The fraction of sp³-hybridized carbons (Fsp3) is 0.615. The van der Waals surface area contributed by atoms with Crippen LogP contribution in [0.25, 0.3) is 0 Å². The number of ether oxygens (including phenoxy) is 3. The van der Waals surface area contributed by atoms with Crippen LogP contribution in [0.2, 0.25) is 0 Å². The van der Waals surface area contributed by atoms with E-state index in [2.05, 4.69) is 10.3 Å². The van der Waals surface area contributed by atoms with Gasteiger partial charge in [-0.25, -0.2) is 4.98 Å². The van der Waals surface area contributed by atoms with Crippen LogP contribution in [0.15, 0.2) is 24.4 Å².